The molecule has 0 aliphatic heterocycles. The Morgan fingerprint density at radius 2 is 1.83 bits per heavy atom. The van der Waals surface area contributed by atoms with Crippen molar-refractivity contribution >= 4 is 28.5 Å². The Morgan fingerprint density at radius 1 is 1.17 bits per heavy atom. The van der Waals surface area contributed by atoms with Crippen molar-refractivity contribution in [3.8, 4) is 11.5 Å². The maximum absolute atomic E-state index is 11.8. The second-order valence-electron chi connectivity index (χ2n) is 4.16. The van der Waals surface area contributed by atoms with Crippen molar-refractivity contribution in [2.24, 2.45) is 0 Å². The molecule has 23 heavy (non-hydrogen) atoms. The van der Waals surface area contributed by atoms with E-state index in [0.717, 1.165) is 17.3 Å². The van der Waals surface area contributed by atoms with Gasteiger partial charge in [0.1, 0.15) is 11.5 Å². The van der Waals surface area contributed by atoms with E-state index in [9.17, 15) is 9.59 Å². The number of amides is 1. The van der Waals surface area contributed by atoms with Crippen LogP contribution in [-0.2, 0) is 9.53 Å². The van der Waals surface area contributed by atoms with Gasteiger partial charge in [0.2, 0.25) is 5.13 Å². The molecule has 0 fully saturated rings. The number of nitrogens with one attached hydrogen (secondary N) is 1. The summed E-state index contributed by atoms with van der Waals surface area (Å²) in [4.78, 5) is 26.8. The van der Waals surface area contributed by atoms with Crippen LogP contribution in [0.5, 0.6) is 11.5 Å². The molecule has 1 amide bonds. The zero-order chi connectivity index (χ0) is 16.7. The van der Waals surface area contributed by atoms with Crippen molar-refractivity contribution in [3.63, 3.8) is 0 Å². The van der Waals surface area contributed by atoms with E-state index in [2.05, 4.69) is 19.4 Å². The highest BCUT2D eigenvalue weighted by atomic mass is 32.1. The molecule has 1 aromatic carbocycles. The molecule has 0 radical (unpaired) electrons. The number of hydrogen-bond donors (Lipinski definition) is 1. The molecule has 122 valence electrons. The summed E-state index contributed by atoms with van der Waals surface area (Å²) < 4.78 is 18.9. The molecule has 2 rings (SSSR count). The number of ether oxygens (including phenoxy) is 3. The average Bonchev–Trinajstić information content (AvgIpc) is 3.02. The van der Waals surface area contributed by atoms with Crippen LogP contribution in [0.2, 0.25) is 0 Å². The Bertz CT molecular complexity index is 671. The van der Waals surface area contributed by atoms with Gasteiger partial charge in [0.05, 0.1) is 13.7 Å². The van der Waals surface area contributed by atoms with E-state index in [4.69, 9.17) is 9.47 Å². The van der Waals surface area contributed by atoms with E-state index < -0.39 is 11.9 Å². The topological polar surface area (TPSA) is 99.6 Å². The van der Waals surface area contributed by atoms with Gasteiger partial charge in [0.15, 0.2) is 6.61 Å². The third-order valence-electron chi connectivity index (χ3n) is 2.55. The van der Waals surface area contributed by atoms with E-state index in [1.165, 1.54) is 7.11 Å². The van der Waals surface area contributed by atoms with Crippen LogP contribution in [-0.4, -0.2) is 41.6 Å². The van der Waals surface area contributed by atoms with Crippen LogP contribution in [0, 0.1) is 0 Å². The highest BCUT2D eigenvalue weighted by Gasteiger charge is 2.14. The number of rotatable bonds is 7. The summed E-state index contributed by atoms with van der Waals surface area (Å²) in [6.07, 6.45) is 0. The molecule has 0 saturated heterocycles. The van der Waals surface area contributed by atoms with Gasteiger partial charge in [-0.25, -0.2) is 4.79 Å². The van der Waals surface area contributed by atoms with Gasteiger partial charge in [0, 0.05) is 11.5 Å². The first-order valence-corrected chi connectivity index (χ1v) is 7.47. The van der Waals surface area contributed by atoms with Crippen molar-refractivity contribution in [1.29, 1.82) is 0 Å². The molecule has 9 heteroatoms. The highest BCUT2D eigenvalue weighted by molar-refractivity contribution is 7.10. The minimum atomic E-state index is -0.660. The molecule has 1 heterocycles. The van der Waals surface area contributed by atoms with Crippen LogP contribution in [0.3, 0.4) is 0 Å². The van der Waals surface area contributed by atoms with Crippen molar-refractivity contribution in [3.05, 3.63) is 30.1 Å². The predicted octanol–water partition coefficient (Wildman–Crippen LogP) is 1.74. The number of methoxy groups -OCH3 is 1. The fraction of sp³-hybridized carbons (Fsp3) is 0.286. The molecular weight excluding hydrogens is 322 g/mol. The number of nitrogens with zero attached hydrogens (tertiary/aromatic N) is 2. The van der Waals surface area contributed by atoms with E-state index in [-0.39, 0.29) is 17.6 Å². The van der Waals surface area contributed by atoms with Crippen LogP contribution in [0.1, 0.15) is 17.5 Å². The third-order valence-corrected chi connectivity index (χ3v) is 3.18. The Balaban J connectivity index is 1.82. The van der Waals surface area contributed by atoms with Crippen molar-refractivity contribution < 1.29 is 23.8 Å². The third kappa shape index (κ3) is 4.92. The van der Waals surface area contributed by atoms with Gasteiger partial charge in [-0.3, -0.25) is 10.1 Å². The Hall–Kier alpha value is -2.68. The van der Waals surface area contributed by atoms with Gasteiger partial charge in [-0.1, -0.05) is 0 Å². The molecular formula is C14H15N3O5S. The lowest BCUT2D eigenvalue weighted by atomic mass is 10.3. The maximum Gasteiger partial charge on any atom is 0.377 e. The molecule has 0 aliphatic rings. The van der Waals surface area contributed by atoms with Gasteiger partial charge in [-0.05, 0) is 31.2 Å². The molecule has 0 unspecified atom stereocenters. The molecule has 0 saturated carbocycles. The molecule has 8 nitrogen and oxygen atoms in total. The standard InChI is InChI=1S/C14H15N3O5S/c1-3-21-9-4-6-10(7-5-9)22-8-11(18)15-14-16-12(17-23-14)13(19)20-2/h4-7H,3,8H2,1-2H3,(H,15,16,17,18). The molecule has 0 atom stereocenters. The first-order valence-electron chi connectivity index (χ1n) is 6.70. The number of carbonyl (C=O) groups excluding carboxylic acids is 2. The average molecular weight is 337 g/mol. The molecule has 0 bridgehead atoms. The zero-order valence-electron chi connectivity index (χ0n) is 12.6. The summed E-state index contributed by atoms with van der Waals surface area (Å²) in [6.45, 7) is 2.28. The van der Waals surface area contributed by atoms with E-state index in [0.29, 0.717) is 12.4 Å². The summed E-state index contributed by atoms with van der Waals surface area (Å²) in [5.74, 6) is 0.101. The van der Waals surface area contributed by atoms with Gasteiger partial charge in [-0.2, -0.15) is 9.36 Å². The second-order valence-corrected chi connectivity index (χ2v) is 4.91. The van der Waals surface area contributed by atoms with Crippen LogP contribution in [0.25, 0.3) is 0 Å². The van der Waals surface area contributed by atoms with E-state index in [1.54, 1.807) is 24.3 Å². The quantitative estimate of drug-likeness (QED) is 0.768. The Labute approximate surface area is 136 Å². The van der Waals surface area contributed by atoms with Crippen molar-refractivity contribution in [2.75, 3.05) is 25.6 Å². The first-order chi connectivity index (χ1) is 11.1. The van der Waals surface area contributed by atoms with Gasteiger partial charge >= 0.3 is 5.97 Å². The zero-order valence-corrected chi connectivity index (χ0v) is 13.4. The molecule has 0 aliphatic carbocycles. The van der Waals surface area contributed by atoms with E-state index >= 15 is 0 Å². The predicted molar refractivity (Wildman–Crippen MR) is 83.0 cm³/mol. The summed E-state index contributed by atoms with van der Waals surface area (Å²) in [5, 5.41) is 2.69. The SMILES string of the molecule is CCOc1ccc(OCC(=O)Nc2nc(C(=O)OC)ns2)cc1. The van der Waals surface area contributed by atoms with Crippen LogP contribution in [0.4, 0.5) is 5.13 Å². The number of aromatic nitrogens is 2. The molecule has 1 aromatic heterocycles. The van der Waals surface area contributed by atoms with E-state index in [1.807, 2.05) is 6.92 Å². The summed E-state index contributed by atoms with van der Waals surface area (Å²) in [5.41, 5.74) is 0. The first kappa shape index (κ1) is 16.7. The summed E-state index contributed by atoms with van der Waals surface area (Å²) in [7, 11) is 1.23. The number of anilines is 1. The van der Waals surface area contributed by atoms with Gasteiger partial charge in [-0.15, -0.1) is 0 Å². The van der Waals surface area contributed by atoms with Crippen molar-refractivity contribution in [1.82, 2.24) is 9.36 Å². The van der Waals surface area contributed by atoms with Crippen molar-refractivity contribution in [2.45, 2.75) is 6.92 Å². The second kappa shape index (κ2) is 8.08. The lowest BCUT2D eigenvalue weighted by Gasteiger charge is -2.07. The summed E-state index contributed by atoms with van der Waals surface area (Å²) in [6, 6.07) is 6.92. The maximum atomic E-state index is 11.8. The fourth-order valence-corrected chi connectivity index (χ4v) is 2.13. The van der Waals surface area contributed by atoms with Gasteiger partial charge < -0.3 is 14.2 Å². The smallest absolute Gasteiger partial charge is 0.377 e. The minimum Gasteiger partial charge on any atom is -0.494 e. The van der Waals surface area contributed by atoms with Crippen LogP contribution in [0.15, 0.2) is 24.3 Å². The molecule has 2 aromatic rings. The monoisotopic (exact) mass is 337 g/mol. The summed E-state index contributed by atoms with van der Waals surface area (Å²) >= 11 is 0.885. The Morgan fingerprint density at radius 3 is 2.43 bits per heavy atom. The number of benzene rings is 1. The normalized spacial score (nSPS) is 10.0. The number of hydrogen-bond acceptors (Lipinski definition) is 8. The van der Waals surface area contributed by atoms with Crippen LogP contribution < -0.4 is 14.8 Å². The largest absolute Gasteiger partial charge is 0.494 e. The lowest BCUT2D eigenvalue weighted by molar-refractivity contribution is -0.118. The Kier molecular flexibility index (Phi) is 5.87. The van der Waals surface area contributed by atoms with Gasteiger partial charge in [0.25, 0.3) is 11.7 Å². The van der Waals surface area contributed by atoms with Crippen LogP contribution >= 0.6 is 11.5 Å². The molecule has 1 N–H and O–H groups in total. The number of esters is 1. The fourth-order valence-electron chi connectivity index (χ4n) is 1.55. The highest BCUT2D eigenvalue weighted by Crippen LogP contribution is 2.17. The number of carbonyl (C=O) groups is 2. The molecule has 0 spiro atoms. The lowest BCUT2D eigenvalue weighted by Crippen LogP contribution is -2.20. The minimum absolute atomic E-state index is 0.0970.